The Kier molecular flexibility index (Phi) is 6.18. The highest BCUT2D eigenvalue weighted by atomic mass is 79.9. The third-order valence-electron chi connectivity index (χ3n) is 6.38. The number of amides is 1. The molecule has 4 aromatic carbocycles. The second-order valence-corrected chi connectivity index (χ2v) is 10.5. The average Bonchev–Trinajstić information content (AvgIpc) is 3.21. The van der Waals surface area contributed by atoms with Crippen LogP contribution in [0, 0.1) is 0 Å². The first-order valence-electron chi connectivity index (χ1n) is 11.6. The van der Waals surface area contributed by atoms with Gasteiger partial charge < -0.3 is 9.15 Å². The minimum Gasteiger partial charge on any atom is -0.489 e. The van der Waals surface area contributed by atoms with E-state index < -0.39 is 6.04 Å². The Morgan fingerprint density at radius 3 is 2.24 bits per heavy atom. The Labute approximate surface area is 229 Å². The first-order valence-corrected chi connectivity index (χ1v) is 13.2. The van der Waals surface area contributed by atoms with E-state index in [0.717, 1.165) is 20.1 Å². The molecule has 5 aromatic rings. The highest BCUT2D eigenvalue weighted by Gasteiger charge is 2.43. The Hall–Kier alpha value is -3.68. The summed E-state index contributed by atoms with van der Waals surface area (Å²) in [6, 6.07) is 29.4. The molecule has 0 N–H and O–H groups in total. The molecule has 37 heavy (non-hydrogen) atoms. The summed E-state index contributed by atoms with van der Waals surface area (Å²) < 4.78 is 13.6. The van der Waals surface area contributed by atoms with E-state index in [1.807, 2.05) is 78.9 Å². The summed E-state index contributed by atoms with van der Waals surface area (Å²) in [4.78, 5) is 29.1. The van der Waals surface area contributed by atoms with E-state index in [0.29, 0.717) is 34.6 Å². The standard InChI is InChI=1S/C30H19Br2NO4/c31-20-8-11-22(12-9-20)33-27(19-6-13-23(14-7-19)36-17-18-4-2-1-3-5-18)26-28(34)24-16-21(32)10-15-25(24)37-29(26)30(33)35/h1-16,27H,17H2. The van der Waals surface area contributed by atoms with Crippen molar-refractivity contribution in [2.75, 3.05) is 4.90 Å². The van der Waals surface area contributed by atoms with Crippen LogP contribution in [0.1, 0.15) is 33.3 Å². The van der Waals surface area contributed by atoms with Crippen LogP contribution in [0.2, 0.25) is 0 Å². The monoisotopic (exact) mass is 615 g/mol. The molecule has 1 aliphatic rings. The van der Waals surface area contributed by atoms with E-state index in [1.165, 1.54) is 0 Å². The zero-order valence-electron chi connectivity index (χ0n) is 19.4. The fourth-order valence-electron chi connectivity index (χ4n) is 4.62. The highest BCUT2D eigenvalue weighted by Crippen LogP contribution is 2.42. The van der Waals surface area contributed by atoms with Gasteiger partial charge >= 0.3 is 0 Å². The van der Waals surface area contributed by atoms with Crippen molar-refractivity contribution in [3.05, 3.63) is 139 Å². The van der Waals surface area contributed by atoms with Crippen LogP contribution in [0.3, 0.4) is 0 Å². The summed E-state index contributed by atoms with van der Waals surface area (Å²) in [5.74, 6) is 0.410. The Morgan fingerprint density at radius 1 is 0.811 bits per heavy atom. The maximum atomic E-state index is 13.8. The van der Waals surface area contributed by atoms with E-state index in [9.17, 15) is 9.59 Å². The summed E-state index contributed by atoms with van der Waals surface area (Å²) in [6.07, 6.45) is 0. The molecule has 1 aliphatic heterocycles. The molecule has 182 valence electrons. The molecular formula is C30H19Br2NO4. The number of nitrogens with zero attached hydrogens (tertiary/aromatic N) is 1. The minimum atomic E-state index is -0.647. The predicted molar refractivity (Wildman–Crippen MR) is 150 cm³/mol. The van der Waals surface area contributed by atoms with Crippen molar-refractivity contribution in [1.29, 1.82) is 0 Å². The van der Waals surface area contributed by atoms with Crippen molar-refractivity contribution in [3.63, 3.8) is 0 Å². The second-order valence-electron chi connectivity index (χ2n) is 8.71. The smallest absolute Gasteiger partial charge is 0.295 e. The number of halogens is 2. The van der Waals surface area contributed by atoms with E-state index >= 15 is 0 Å². The first-order chi connectivity index (χ1) is 18.0. The van der Waals surface area contributed by atoms with Crippen LogP contribution in [0.5, 0.6) is 5.75 Å². The fourth-order valence-corrected chi connectivity index (χ4v) is 5.24. The number of anilines is 1. The fraction of sp³-hybridized carbons (Fsp3) is 0.0667. The van der Waals surface area contributed by atoms with Crippen LogP contribution in [0.4, 0.5) is 5.69 Å². The lowest BCUT2D eigenvalue weighted by Crippen LogP contribution is -2.29. The van der Waals surface area contributed by atoms with E-state index in [2.05, 4.69) is 31.9 Å². The number of rotatable bonds is 5. The number of benzene rings is 4. The van der Waals surface area contributed by atoms with Crippen LogP contribution < -0.4 is 15.1 Å². The molecule has 0 saturated carbocycles. The quantitative estimate of drug-likeness (QED) is 0.204. The number of carbonyl (C=O) groups is 1. The highest BCUT2D eigenvalue weighted by molar-refractivity contribution is 9.10. The van der Waals surface area contributed by atoms with Crippen molar-refractivity contribution in [2.45, 2.75) is 12.6 Å². The van der Waals surface area contributed by atoms with Crippen molar-refractivity contribution in [2.24, 2.45) is 0 Å². The molecular weight excluding hydrogens is 598 g/mol. The van der Waals surface area contributed by atoms with Crippen molar-refractivity contribution < 1.29 is 13.9 Å². The maximum absolute atomic E-state index is 13.8. The Balaban J connectivity index is 1.44. The molecule has 0 fully saturated rings. The van der Waals surface area contributed by atoms with Gasteiger partial charge in [-0.15, -0.1) is 0 Å². The van der Waals surface area contributed by atoms with Crippen LogP contribution in [-0.4, -0.2) is 5.91 Å². The lowest BCUT2D eigenvalue weighted by atomic mass is 9.98. The summed E-state index contributed by atoms with van der Waals surface area (Å²) >= 11 is 6.89. The van der Waals surface area contributed by atoms with Gasteiger partial charge in [0.1, 0.15) is 17.9 Å². The molecule has 2 heterocycles. The molecule has 0 aliphatic carbocycles. The number of fused-ring (bicyclic) bond motifs is 2. The zero-order valence-corrected chi connectivity index (χ0v) is 22.5. The molecule has 1 unspecified atom stereocenters. The van der Waals surface area contributed by atoms with Gasteiger partial charge in [-0.05, 0) is 65.7 Å². The maximum Gasteiger partial charge on any atom is 0.295 e. The third-order valence-corrected chi connectivity index (χ3v) is 7.40. The first kappa shape index (κ1) is 23.7. The number of ether oxygens (including phenoxy) is 1. The van der Waals surface area contributed by atoms with Crippen LogP contribution in [0.25, 0.3) is 11.0 Å². The molecule has 0 saturated heterocycles. The summed E-state index contributed by atoms with van der Waals surface area (Å²) in [7, 11) is 0. The predicted octanol–water partition coefficient (Wildman–Crippen LogP) is 7.65. The number of hydrogen-bond donors (Lipinski definition) is 0. The molecule has 1 atom stereocenters. The number of hydrogen-bond acceptors (Lipinski definition) is 4. The summed E-state index contributed by atoms with van der Waals surface area (Å²) in [5, 5.41) is 0.423. The van der Waals surface area contributed by atoms with E-state index in [1.54, 1.807) is 23.1 Å². The van der Waals surface area contributed by atoms with Crippen LogP contribution >= 0.6 is 31.9 Å². The molecule has 0 radical (unpaired) electrons. The average molecular weight is 617 g/mol. The van der Waals surface area contributed by atoms with Gasteiger partial charge in [0, 0.05) is 14.6 Å². The van der Waals surface area contributed by atoms with Crippen molar-refractivity contribution >= 4 is 54.4 Å². The molecule has 0 spiro atoms. The van der Waals surface area contributed by atoms with E-state index in [4.69, 9.17) is 9.15 Å². The van der Waals surface area contributed by atoms with Crippen LogP contribution in [0.15, 0.2) is 115 Å². The SMILES string of the molecule is O=C1c2oc3ccc(Br)cc3c(=O)c2C(c2ccc(OCc3ccccc3)cc2)N1c1ccc(Br)cc1. The van der Waals surface area contributed by atoms with Gasteiger partial charge in [0.25, 0.3) is 5.91 Å². The zero-order chi connectivity index (χ0) is 25.5. The molecule has 5 nitrogen and oxygen atoms in total. The Bertz CT molecular complexity index is 1680. The summed E-state index contributed by atoms with van der Waals surface area (Å²) in [6.45, 7) is 0.445. The van der Waals surface area contributed by atoms with Crippen LogP contribution in [-0.2, 0) is 6.61 Å². The minimum absolute atomic E-state index is 0.0668. The Morgan fingerprint density at radius 2 is 1.51 bits per heavy atom. The third kappa shape index (κ3) is 4.38. The molecule has 7 heteroatoms. The van der Waals surface area contributed by atoms with Gasteiger partial charge in [-0.1, -0.05) is 74.3 Å². The van der Waals surface area contributed by atoms with Gasteiger partial charge in [-0.2, -0.15) is 0 Å². The van der Waals surface area contributed by atoms with Crippen molar-refractivity contribution in [1.82, 2.24) is 0 Å². The van der Waals surface area contributed by atoms with Gasteiger partial charge in [0.05, 0.1) is 17.0 Å². The summed E-state index contributed by atoms with van der Waals surface area (Å²) in [5.41, 5.74) is 3.00. The largest absolute Gasteiger partial charge is 0.489 e. The topological polar surface area (TPSA) is 59.8 Å². The normalized spacial score (nSPS) is 14.7. The molecule has 6 rings (SSSR count). The molecule has 1 amide bonds. The van der Waals surface area contributed by atoms with Gasteiger partial charge in [0.15, 0.2) is 5.43 Å². The molecule has 1 aromatic heterocycles. The lowest BCUT2D eigenvalue weighted by molar-refractivity contribution is 0.0971. The van der Waals surface area contributed by atoms with Gasteiger partial charge in [-0.3, -0.25) is 14.5 Å². The van der Waals surface area contributed by atoms with Gasteiger partial charge in [-0.25, -0.2) is 0 Å². The second kappa shape index (κ2) is 9.65. The molecule has 0 bridgehead atoms. The lowest BCUT2D eigenvalue weighted by Gasteiger charge is -2.25. The number of carbonyl (C=O) groups excluding carboxylic acids is 1. The van der Waals surface area contributed by atoms with Crippen molar-refractivity contribution in [3.8, 4) is 5.75 Å². The van der Waals surface area contributed by atoms with Gasteiger partial charge in [0.2, 0.25) is 5.76 Å². The van der Waals surface area contributed by atoms with E-state index in [-0.39, 0.29) is 17.1 Å².